The van der Waals surface area contributed by atoms with E-state index in [-0.39, 0.29) is 29.3 Å². The molecule has 8 heteroatoms. The Morgan fingerprint density at radius 2 is 2.19 bits per heavy atom. The van der Waals surface area contributed by atoms with Crippen LogP contribution < -0.4 is 5.32 Å². The van der Waals surface area contributed by atoms with Gasteiger partial charge in [0.1, 0.15) is 29.4 Å². The van der Waals surface area contributed by atoms with Crippen LogP contribution in [0.4, 0.5) is 8.78 Å². The second-order valence-corrected chi connectivity index (χ2v) is 6.08. The first-order valence-electron chi connectivity index (χ1n) is 8.10. The van der Waals surface area contributed by atoms with E-state index in [1.54, 1.807) is 0 Å². The molecule has 1 atom stereocenters. The Kier molecular flexibility index (Phi) is 4.98. The van der Waals surface area contributed by atoms with Gasteiger partial charge in [-0.3, -0.25) is 9.59 Å². The predicted octanol–water partition coefficient (Wildman–Crippen LogP) is 2.09. The number of hydrogen-bond acceptors (Lipinski definition) is 3. The molecule has 2 aromatic rings. The van der Waals surface area contributed by atoms with E-state index in [9.17, 15) is 18.4 Å². The Balaban J connectivity index is 1.67. The topological polar surface area (TPSA) is 89.0 Å². The second-order valence-electron chi connectivity index (χ2n) is 6.08. The maximum absolute atomic E-state index is 13.8. The van der Waals surface area contributed by atoms with Gasteiger partial charge in [0, 0.05) is 30.9 Å². The van der Waals surface area contributed by atoms with E-state index in [2.05, 4.69) is 10.3 Å². The minimum Gasteiger partial charge on any atom is -0.352 e. The minimum atomic E-state index is -0.722. The Morgan fingerprint density at radius 1 is 1.38 bits per heavy atom. The lowest BCUT2D eigenvalue weighted by molar-refractivity contribution is -0.136. The van der Waals surface area contributed by atoms with Crippen molar-refractivity contribution in [3.63, 3.8) is 0 Å². The highest BCUT2D eigenvalue weighted by atomic mass is 19.1. The number of hydrogen-bond donors (Lipinski definition) is 2. The summed E-state index contributed by atoms with van der Waals surface area (Å²) in [6.07, 6.45) is 2.52. The third-order valence-electron chi connectivity index (χ3n) is 4.28. The van der Waals surface area contributed by atoms with Crippen LogP contribution >= 0.6 is 0 Å². The summed E-state index contributed by atoms with van der Waals surface area (Å²) in [6.45, 7) is 0.449. The van der Waals surface area contributed by atoms with Gasteiger partial charge in [0.25, 0.3) is 5.91 Å². The summed E-state index contributed by atoms with van der Waals surface area (Å²) in [4.78, 5) is 28.9. The van der Waals surface area contributed by atoms with Crippen molar-refractivity contribution in [3.05, 3.63) is 58.9 Å². The molecule has 1 aliphatic rings. The zero-order valence-corrected chi connectivity index (χ0v) is 13.8. The molecule has 2 amide bonds. The second kappa shape index (κ2) is 7.35. The lowest BCUT2D eigenvalue weighted by Crippen LogP contribution is -2.51. The van der Waals surface area contributed by atoms with Gasteiger partial charge in [-0.2, -0.15) is 5.26 Å². The normalized spacial score (nSPS) is 17.0. The fourth-order valence-corrected chi connectivity index (χ4v) is 2.92. The number of aromatic amines is 1. The van der Waals surface area contributed by atoms with Crippen LogP contribution in [0, 0.1) is 23.0 Å². The van der Waals surface area contributed by atoms with Crippen LogP contribution in [0.25, 0.3) is 0 Å². The summed E-state index contributed by atoms with van der Waals surface area (Å²) in [5, 5.41) is 11.4. The molecule has 0 bridgehead atoms. The number of nitriles is 1. The summed E-state index contributed by atoms with van der Waals surface area (Å²) in [5.74, 6) is -2.16. The van der Waals surface area contributed by atoms with Crippen molar-refractivity contribution in [1.82, 2.24) is 15.2 Å². The molecule has 2 heterocycles. The molecule has 0 saturated carbocycles. The SMILES string of the molecule is N#Cc1cc(C(=O)NC2CCCN(Cc3ccc(F)cc3F)C2=O)c[nH]1. The van der Waals surface area contributed by atoms with Gasteiger partial charge < -0.3 is 15.2 Å². The molecule has 1 unspecified atom stereocenters. The number of piperidine rings is 1. The van der Waals surface area contributed by atoms with Crippen LogP contribution in [0.3, 0.4) is 0 Å². The molecular formula is C18H16F2N4O2. The first-order valence-corrected chi connectivity index (χ1v) is 8.10. The van der Waals surface area contributed by atoms with E-state index in [0.717, 1.165) is 12.1 Å². The molecular weight excluding hydrogens is 342 g/mol. The number of benzene rings is 1. The van der Waals surface area contributed by atoms with E-state index >= 15 is 0 Å². The van der Waals surface area contributed by atoms with Gasteiger partial charge in [-0.05, 0) is 25.0 Å². The van der Waals surface area contributed by atoms with Crippen molar-refractivity contribution in [2.24, 2.45) is 0 Å². The Hall–Kier alpha value is -3.21. The van der Waals surface area contributed by atoms with Crippen LogP contribution in [-0.2, 0) is 11.3 Å². The molecule has 26 heavy (non-hydrogen) atoms. The molecule has 1 saturated heterocycles. The van der Waals surface area contributed by atoms with Gasteiger partial charge >= 0.3 is 0 Å². The van der Waals surface area contributed by atoms with Crippen LogP contribution in [0.1, 0.15) is 34.5 Å². The van der Waals surface area contributed by atoms with Crippen LogP contribution in [-0.4, -0.2) is 34.3 Å². The van der Waals surface area contributed by atoms with Crippen LogP contribution in [0.15, 0.2) is 30.5 Å². The molecule has 3 rings (SSSR count). The van der Waals surface area contributed by atoms with Crippen molar-refractivity contribution in [3.8, 4) is 6.07 Å². The van der Waals surface area contributed by atoms with Gasteiger partial charge in [0.05, 0.1) is 5.56 Å². The van der Waals surface area contributed by atoms with Gasteiger partial charge in [0.2, 0.25) is 5.91 Å². The highest BCUT2D eigenvalue weighted by Gasteiger charge is 2.30. The van der Waals surface area contributed by atoms with Crippen LogP contribution in [0.5, 0.6) is 0 Å². The molecule has 0 spiro atoms. The third kappa shape index (κ3) is 3.72. The van der Waals surface area contributed by atoms with Gasteiger partial charge in [-0.15, -0.1) is 0 Å². The molecule has 6 nitrogen and oxygen atoms in total. The Bertz CT molecular complexity index is 888. The van der Waals surface area contributed by atoms with Crippen LogP contribution in [0.2, 0.25) is 0 Å². The molecule has 1 aliphatic heterocycles. The summed E-state index contributed by atoms with van der Waals surface area (Å²) in [5.41, 5.74) is 0.727. The molecule has 2 N–H and O–H groups in total. The first-order chi connectivity index (χ1) is 12.5. The monoisotopic (exact) mass is 358 g/mol. The molecule has 0 aliphatic carbocycles. The molecule has 1 fully saturated rings. The van der Waals surface area contributed by atoms with Crippen molar-refractivity contribution >= 4 is 11.8 Å². The molecule has 0 radical (unpaired) electrons. The number of likely N-dealkylation sites (tertiary alicyclic amines) is 1. The highest BCUT2D eigenvalue weighted by molar-refractivity contribution is 5.97. The number of amides is 2. The molecule has 1 aromatic heterocycles. The van der Waals surface area contributed by atoms with Gasteiger partial charge in [-0.1, -0.05) is 6.07 Å². The standard InChI is InChI=1S/C18H16F2N4O2/c19-13-4-3-11(15(20)7-13)10-24-5-1-2-16(18(24)26)23-17(25)12-6-14(8-21)22-9-12/h3-4,6-7,9,16,22H,1-2,5,10H2,(H,23,25). The van der Waals surface area contributed by atoms with Crippen molar-refractivity contribution in [1.29, 1.82) is 5.26 Å². The molecule has 134 valence electrons. The van der Waals surface area contributed by atoms with E-state index in [1.165, 1.54) is 23.2 Å². The lowest BCUT2D eigenvalue weighted by atomic mass is 10.0. The quantitative estimate of drug-likeness (QED) is 0.877. The number of nitrogens with one attached hydrogen (secondary N) is 2. The summed E-state index contributed by atoms with van der Waals surface area (Å²) in [6, 6.07) is 5.79. The lowest BCUT2D eigenvalue weighted by Gasteiger charge is -2.32. The fourth-order valence-electron chi connectivity index (χ4n) is 2.92. The van der Waals surface area contributed by atoms with Gasteiger partial charge in [0.15, 0.2) is 0 Å². The predicted molar refractivity (Wildman–Crippen MR) is 87.8 cm³/mol. The molecule has 1 aromatic carbocycles. The smallest absolute Gasteiger partial charge is 0.253 e. The number of nitrogens with zero attached hydrogens (tertiary/aromatic N) is 2. The van der Waals surface area contributed by atoms with Gasteiger partial charge in [-0.25, -0.2) is 8.78 Å². The first kappa shape index (κ1) is 17.6. The average molecular weight is 358 g/mol. The maximum Gasteiger partial charge on any atom is 0.253 e. The number of carbonyl (C=O) groups is 2. The van der Waals surface area contributed by atoms with E-state index in [0.29, 0.717) is 19.4 Å². The Morgan fingerprint density at radius 3 is 2.88 bits per heavy atom. The summed E-state index contributed by atoms with van der Waals surface area (Å²) >= 11 is 0. The Labute approximate surface area is 148 Å². The zero-order valence-electron chi connectivity index (χ0n) is 13.8. The largest absolute Gasteiger partial charge is 0.352 e. The summed E-state index contributed by atoms with van der Waals surface area (Å²) < 4.78 is 26.8. The van der Waals surface area contributed by atoms with Crippen molar-refractivity contribution in [2.45, 2.75) is 25.4 Å². The number of halogens is 2. The number of carbonyl (C=O) groups excluding carboxylic acids is 2. The maximum atomic E-state index is 13.8. The van der Waals surface area contributed by atoms with Crippen molar-refractivity contribution in [2.75, 3.05) is 6.54 Å². The van der Waals surface area contributed by atoms with E-state index in [1.807, 2.05) is 6.07 Å². The third-order valence-corrected chi connectivity index (χ3v) is 4.28. The van der Waals surface area contributed by atoms with E-state index in [4.69, 9.17) is 5.26 Å². The van der Waals surface area contributed by atoms with E-state index < -0.39 is 23.6 Å². The number of aromatic nitrogens is 1. The number of rotatable bonds is 4. The minimum absolute atomic E-state index is 0.0139. The number of H-pyrrole nitrogens is 1. The van der Waals surface area contributed by atoms with Crippen molar-refractivity contribution < 1.29 is 18.4 Å². The highest BCUT2D eigenvalue weighted by Crippen LogP contribution is 2.18. The average Bonchev–Trinajstić information content (AvgIpc) is 3.10. The zero-order chi connectivity index (χ0) is 18.7. The summed E-state index contributed by atoms with van der Waals surface area (Å²) in [7, 11) is 0. The fraction of sp³-hybridized carbons (Fsp3) is 0.278.